The highest BCUT2D eigenvalue weighted by atomic mass is 19.1. The average Bonchev–Trinajstić information content (AvgIpc) is 2.25. The van der Waals surface area contributed by atoms with Crippen LogP contribution in [0.15, 0.2) is 24.3 Å². The van der Waals surface area contributed by atoms with Crippen molar-refractivity contribution in [2.75, 3.05) is 7.05 Å². The minimum Gasteiger partial charge on any atom is -0.478 e. The summed E-state index contributed by atoms with van der Waals surface area (Å²) in [4.78, 5) is 12.5. The van der Waals surface area contributed by atoms with E-state index in [0.717, 1.165) is 11.6 Å². The number of hydrogen-bond acceptors (Lipinski definition) is 2. The first-order valence-electron chi connectivity index (χ1n) is 5.79. The molecule has 4 heteroatoms. The van der Waals surface area contributed by atoms with Gasteiger partial charge in [-0.05, 0) is 50.2 Å². The summed E-state index contributed by atoms with van der Waals surface area (Å²) in [5.41, 5.74) is 1.39. The summed E-state index contributed by atoms with van der Waals surface area (Å²) in [6.45, 7) is 4.75. The van der Waals surface area contributed by atoms with Crippen molar-refractivity contribution in [2.24, 2.45) is 0 Å². The van der Waals surface area contributed by atoms with Crippen molar-refractivity contribution in [2.45, 2.75) is 26.4 Å². The van der Waals surface area contributed by atoms with E-state index in [0.29, 0.717) is 18.2 Å². The second-order valence-corrected chi connectivity index (χ2v) is 4.57. The molecule has 0 aliphatic carbocycles. The molecule has 0 atom stereocenters. The number of carbonyl (C=O) groups is 1. The zero-order chi connectivity index (χ0) is 13.7. The SMILES string of the molecule is CC(C)N(C)Cc1cc(F)cc(C=CC(=O)O)c1. The Morgan fingerprint density at radius 3 is 2.67 bits per heavy atom. The van der Waals surface area contributed by atoms with Gasteiger partial charge >= 0.3 is 5.97 Å². The van der Waals surface area contributed by atoms with E-state index in [2.05, 4.69) is 18.7 Å². The monoisotopic (exact) mass is 251 g/mol. The molecule has 0 amide bonds. The molecule has 1 N–H and O–H groups in total. The Hall–Kier alpha value is -1.68. The van der Waals surface area contributed by atoms with Crippen LogP contribution in [-0.4, -0.2) is 29.1 Å². The number of halogens is 1. The molecule has 1 aromatic carbocycles. The Bertz CT molecular complexity index is 455. The topological polar surface area (TPSA) is 40.5 Å². The lowest BCUT2D eigenvalue weighted by Gasteiger charge is -2.21. The molecular formula is C14H18FNO2. The second kappa shape index (κ2) is 6.31. The molecule has 0 aromatic heterocycles. The maximum absolute atomic E-state index is 13.4. The van der Waals surface area contributed by atoms with Crippen molar-refractivity contribution in [1.29, 1.82) is 0 Å². The van der Waals surface area contributed by atoms with E-state index in [4.69, 9.17) is 5.11 Å². The minimum absolute atomic E-state index is 0.352. The van der Waals surface area contributed by atoms with Crippen molar-refractivity contribution >= 4 is 12.0 Å². The van der Waals surface area contributed by atoms with Gasteiger partial charge in [-0.1, -0.05) is 6.07 Å². The van der Waals surface area contributed by atoms with Crippen molar-refractivity contribution in [3.63, 3.8) is 0 Å². The molecule has 18 heavy (non-hydrogen) atoms. The van der Waals surface area contributed by atoms with Crippen LogP contribution in [0.5, 0.6) is 0 Å². The Kier molecular flexibility index (Phi) is 5.04. The third-order valence-electron chi connectivity index (χ3n) is 2.71. The first kappa shape index (κ1) is 14.4. The maximum atomic E-state index is 13.4. The third-order valence-corrected chi connectivity index (χ3v) is 2.71. The highest BCUT2D eigenvalue weighted by Gasteiger charge is 2.06. The van der Waals surface area contributed by atoms with Crippen molar-refractivity contribution in [1.82, 2.24) is 4.90 Å². The normalized spacial score (nSPS) is 11.7. The van der Waals surface area contributed by atoms with Crippen LogP contribution in [-0.2, 0) is 11.3 Å². The molecule has 0 bridgehead atoms. The van der Waals surface area contributed by atoms with Crippen LogP contribution in [0.2, 0.25) is 0 Å². The van der Waals surface area contributed by atoms with Crippen molar-refractivity contribution < 1.29 is 14.3 Å². The van der Waals surface area contributed by atoms with Crippen molar-refractivity contribution in [3.05, 3.63) is 41.2 Å². The molecule has 0 radical (unpaired) electrons. The van der Waals surface area contributed by atoms with Gasteiger partial charge in [-0.2, -0.15) is 0 Å². The number of benzene rings is 1. The summed E-state index contributed by atoms with van der Waals surface area (Å²) in [6.07, 6.45) is 2.40. The van der Waals surface area contributed by atoms with Crippen LogP contribution < -0.4 is 0 Å². The number of nitrogens with zero attached hydrogens (tertiary/aromatic N) is 1. The summed E-state index contributed by atoms with van der Waals surface area (Å²) in [7, 11) is 1.96. The molecule has 0 unspecified atom stereocenters. The Morgan fingerprint density at radius 2 is 2.11 bits per heavy atom. The molecule has 98 valence electrons. The molecule has 0 fully saturated rings. The lowest BCUT2D eigenvalue weighted by Crippen LogP contribution is -2.25. The number of rotatable bonds is 5. The second-order valence-electron chi connectivity index (χ2n) is 4.57. The molecule has 0 aliphatic heterocycles. The summed E-state index contributed by atoms with van der Waals surface area (Å²) < 4.78 is 13.4. The largest absolute Gasteiger partial charge is 0.478 e. The maximum Gasteiger partial charge on any atom is 0.328 e. The summed E-state index contributed by atoms with van der Waals surface area (Å²) in [6, 6.07) is 4.95. The number of hydrogen-bond donors (Lipinski definition) is 1. The van der Waals surface area contributed by atoms with E-state index < -0.39 is 5.97 Å². The Balaban J connectivity index is 2.90. The van der Waals surface area contributed by atoms with Crippen molar-refractivity contribution in [3.8, 4) is 0 Å². The summed E-state index contributed by atoms with van der Waals surface area (Å²) >= 11 is 0. The van der Waals surface area contributed by atoms with Gasteiger partial charge in [0.05, 0.1) is 0 Å². The van der Waals surface area contributed by atoms with Crippen LogP contribution in [0.25, 0.3) is 6.08 Å². The van der Waals surface area contributed by atoms with Gasteiger partial charge in [0.25, 0.3) is 0 Å². The van der Waals surface area contributed by atoms with E-state index in [1.807, 2.05) is 7.05 Å². The number of carboxylic acids is 1. The zero-order valence-electron chi connectivity index (χ0n) is 10.9. The van der Waals surface area contributed by atoms with E-state index in [1.165, 1.54) is 18.2 Å². The first-order chi connectivity index (χ1) is 8.38. The number of carboxylic acid groups (broad SMARTS) is 1. The molecule has 0 saturated carbocycles. The third kappa shape index (κ3) is 4.67. The van der Waals surface area contributed by atoms with Crippen LogP contribution in [0.4, 0.5) is 4.39 Å². The molecule has 0 saturated heterocycles. The van der Waals surface area contributed by atoms with Crippen LogP contribution in [0.1, 0.15) is 25.0 Å². The quantitative estimate of drug-likeness (QED) is 0.818. The molecule has 0 spiro atoms. The minimum atomic E-state index is -1.04. The van der Waals surface area contributed by atoms with E-state index in [1.54, 1.807) is 6.07 Å². The van der Waals surface area contributed by atoms with Gasteiger partial charge in [0.1, 0.15) is 5.82 Å². The highest BCUT2D eigenvalue weighted by molar-refractivity contribution is 5.85. The molecular weight excluding hydrogens is 233 g/mol. The molecule has 3 nitrogen and oxygen atoms in total. The lowest BCUT2D eigenvalue weighted by atomic mass is 10.1. The average molecular weight is 251 g/mol. The Labute approximate surface area is 107 Å². The van der Waals surface area contributed by atoms with Gasteiger partial charge in [-0.25, -0.2) is 9.18 Å². The van der Waals surface area contributed by atoms with Crippen LogP contribution in [0, 0.1) is 5.82 Å². The van der Waals surface area contributed by atoms with Crippen LogP contribution in [0.3, 0.4) is 0 Å². The highest BCUT2D eigenvalue weighted by Crippen LogP contribution is 2.13. The Morgan fingerprint density at radius 1 is 1.44 bits per heavy atom. The van der Waals surface area contributed by atoms with Gasteiger partial charge in [-0.15, -0.1) is 0 Å². The molecule has 1 rings (SSSR count). The number of aliphatic carboxylic acids is 1. The molecule has 0 heterocycles. The zero-order valence-corrected chi connectivity index (χ0v) is 10.9. The standard InChI is InChI=1S/C14H18FNO2/c1-10(2)16(3)9-12-6-11(4-5-14(17)18)7-13(15)8-12/h4-8,10H,9H2,1-3H3,(H,17,18). The van der Waals surface area contributed by atoms with E-state index in [9.17, 15) is 9.18 Å². The van der Waals surface area contributed by atoms with Crippen LogP contribution >= 0.6 is 0 Å². The predicted octanol–water partition coefficient (Wildman–Crippen LogP) is 2.76. The summed E-state index contributed by atoms with van der Waals surface area (Å²) in [5, 5.41) is 8.54. The summed E-state index contributed by atoms with van der Waals surface area (Å²) in [5.74, 6) is -1.39. The molecule has 0 aliphatic rings. The van der Waals surface area contributed by atoms with Gasteiger partial charge in [-0.3, -0.25) is 4.90 Å². The predicted molar refractivity (Wildman–Crippen MR) is 69.7 cm³/mol. The lowest BCUT2D eigenvalue weighted by molar-refractivity contribution is -0.131. The fourth-order valence-electron chi connectivity index (χ4n) is 1.50. The first-order valence-corrected chi connectivity index (χ1v) is 5.79. The van der Waals surface area contributed by atoms with Gasteiger partial charge in [0.2, 0.25) is 0 Å². The fourth-order valence-corrected chi connectivity index (χ4v) is 1.50. The van der Waals surface area contributed by atoms with Gasteiger partial charge in [0.15, 0.2) is 0 Å². The van der Waals surface area contributed by atoms with Gasteiger partial charge in [0, 0.05) is 18.7 Å². The molecule has 1 aromatic rings. The smallest absolute Gasteiger partial charge is 0.328 e. The van der Waals surface area contributed by atoms with Gasteiger partial charge < -0.3 is 5.11 Å². The van der Waals surface area contributed by atoms with E-state index in [-0.39, 0.29) is 5.82 Å². The van der Waals surface area contributed by atoms with E-state index >= 15 is 0 Å². The fraction of sp³-hybridized carbons (Fsp3) is 0.357.